The maximum Gasteiger partial charge on any atom is 0.266 e. The number of benzene rings is 3. The maximum atomic E-state index is 13.5. The predicted molar refractivity (Wildman–Crippen MR) is 148 cm³/mol. The number of rotatable bonds is 12. The van der Waals surface area contributed by atoms with Crippen LogP contribution in [-0.4, -0.2) is 48.8 Å². The van der Waals surface area contributed by atoms with E-state index in [1.165, 1.54) is 11.1 Å². The molecular formula is C29H32BrN3O4. The lowest BCUT2D eigenvalue weighted by Crippen LogP contribution is -2.53. The van der Waals surface area contributed by atoms with Crippen molar-refractivity contribution in [1.82, 2.24) is 10.9 Å². The van der Waals surface area contributed by atoms with Crippen molar-refractivity contribution in [1.29, 1.82) is 0 Å². The highest BCUT2D eigenvalue weighted by atomic mass is 79.9. The number of hydrazine groups is 1. The van der Waals surface area contributed by atoms with E-state index in [-0.39, 0.29) is 19.1 Å². The number of halogens is 1. The molecule has 1 heterocycles. The fraction of sp³-hybridized carbons (Fsp3) is 0.310. The Morgan fingerprint density at radius 1 is 1.11 bits per heavy atom. The molecule has 3 N–H and O–H groups in total. The third-order valence-electron chi connectivity index (χ3n) is 6.16. The van der Waals surface area contributed by atoms with Crippen molar-refractivity contribution >= 4 is 27.7 Å². The molecule has 37 heavy (non-hydrogen) atoms. The van der Waals surface area contributed by atoms with E-state index in [1.807, 2.05) is 48.5 Å². The number of nitrogens with one attached hydrogen (secondary N) is 2. The molecule has 1 aliphatic rings. The Bertz CT molecular complexity index is 1210. The predicted octanol–water partition coefficient (Wildman–Crippen LogP) is 4.14. The first-order valence-corrected chi connectivity index (χ1v) is 13.2. The molecule has 0 bridgehead atoms. The average Bonchev–Trinajstić information content (AvgIpc) is 3.35. The van der Waals surface area contributed by atoms with Gasteiger partial charge in [0.05, 0.1) is 6.61 Å². The van der Waals surface area contributed by atoms with Crippen LogP contribution in [0.5, 0.6) is 5.75 Å². The molecule has 0 fully saturated rings. The molecule has 3 aromatic rings. The van der Waals surface area contributed by atoms with Gasteiger partial charge in [0, 0.05) is 36.0 Å². The van der Waals surface area contributed by atoms with E-state index >= 15 is 0 Å². The summed E-state index contributed by atoms with van der Waals surface area (Å²) in [7, 11) is 0. The van der Waals surface area contributed by atoms with Gasteiger partial charge in [-0.25, -0.2) is 10.4 Å². The van der Waals surface area contributed by atoms with Crippen molar-refractivity contribution in [3.8, 4) is 5.75 Å². The van der Waals surface area contributed by atoms with Crippen molar-refractivity contribution in [3.63, 3.8) is 0 Å². The summed E-state index contributed by atoms with van der Waals surface area (Å²) in [5.74, 6) is 0.876. The van der Waals surface area contributed by atoms with Gasteiger partial charge in [-0.2, -0.15) is 0 Å². The number of amides is 1. The van der Waals surface area contributed by atoms with Crippen LogP contribution in [0.1, 0.15) is 28.7 Å². The van der Waals surface area contributed by atoms with E-state index in [0.29, 0.717) is 37.6 Å². The number of hydrogen-bond donors (Lipinski definition) is 3. The van der Waals surface area contributed by atoms with Crippen molar-refractivity contribution in [2.45, 2.75) is 31.7 Å². The van der Waals surface area contributed by atoms with Gasteiger partial charge in [0.2, 0.25) is 5.90 Å². The summed E-state index contributed by atoms with van der Waals surface area (Å²) in [6, 6.07) is 23.6. The lowest BCUT2D eigenvalue weighted by molar-refractivity contribution is -0.127. The quantitative estimate of drug-likeness (QED) is 0.227. The van der Waals surface area contributed by atoms with Crippen LogP contribution in [0, 0.1) is 6.92 Å². The van der Waals surface area contributed by atoms with Crippen molar-refractivity contribution in [3.05, 3.63) is 99.5 Å². The number of aliphatic imine (C=N–C) groups is 1. The van der Waals surface area contributed by atoms with E-state index in [9.17, 15) is 4.79 Å². The summed E-state index contributed by atoms with van der Waals surface area (Å²) >= 11 is 3.60. The fourth-order valence-electron chi connectivity index (χ4n) is 4.01. The Morgan fingerprint density at radius 3 is 2.59 bits per heavy atom. The van der Waals surface area contributed by atoms with Gasteiger partial charge < -0.3 is 14.6 Å². The summed E-state index contributed by atoms with van der Waals surface area (Å²) in [5, 5.41) is 8.93. The van der Waals surface area contributed by atoms with Crippen LogP contribution in [-0.2, 0) is 22.4 Å². The highest BCUT2D eigenvalue weighted by molar-refractivity contribution is 9.10. The molecule has 0 unspecified atom stereocenters. The summed E-state index contributed by atoms with van der Waals surface area (Å²) in [4.78, 5) is 18.3. The Morgan fingerprint density at radius 2 is 1.86 bits per heavy atom. The first-order chi connectivity index (χ1) is 18.0. The molecule has 0 saturated carbocycles. The zero-order valence-electron chi connectivity index (χ0n) is 20.9. The second-order valence-corrected chi connectivity index (χ2v) is 9.93. The van der Waals surface area contributed by atoms with E-state index < -0.39 is 5.54 Å². The molecule has 0 radical (unpaired) electrons. The molecular weight excluding hydrogens is 534 g/mol. The molecule has 1 amide bonds. The Labute approximate surface area is 226 Å². The molecule has 0 saturated heterocycles. The number of aliphatic hydroxyl groups excluding tert-OH is 1. The average molecular weight is 566 g/mol. The zero-order valence-corrected chi connectivity index (χ0v) is 22.5. The van der Waals surface area contributed by atoms with Crippen LogP contribution in [0.4, 0.5) is 0 Å². The highest BCUT2D eigenvalue weighted by Crippen LogP contribution is 2.30. The van der Waals surface area contributed by atoms with Crippen LogP contribution in [0.15, 0.2) is 82.3 Å². The number of carbonyl (C=O) groups excluding carboxylic acids is 1. The van der Waals surface area contributed by atoms with Crippen LogP contribution in [0.25, 0.3) is 0 Å². The van der Waals surface area contributed by atoms with E-state index in [0.717, 1.165) is 22.0 Å². The number of nitrogens with zero attached hydrogens (tertiary/aromatic N) is 1. The Kier molecular flexibility index (Phi) is 9.33. The summed E-state index contributed by atoms with van der Waals surface area (Å²) in [6.07, 6.45) is 1.74. The van der Waals surface area contributed by atoms with Gasteiger partial charge in [0.1, 0.15) is 12.4 Å². The van der Waals surface area contributed by atoms with Crippen LogP contribution < -0.4 is 15.6 Å². The van der Waals surface area contributed by atoms with Crippen molar-refractivity contribution < 1.29 is 19.4 Å². The van der Waals surface area contributed by atoms with Gasteiger partial charge in [-0.3, -0.25) is 10.2 Å². The normalized spacial score (nSPS) is 16.7. The van der Waals surface area contributed by atoms with E-state index in [2.05, 4.69) is 58.0 Å². The lowest BCUT2D eigenvalue weighted by atomic mass is 9.91. The third kappa shape index (κ3) is 7.19. The second kappa shape index (κ2) is 12.9. The maximum absolute atomic E-state index is 13.5. The minimum atomic E-state index is -1.12. The molecule has 1 aliphatic heterocycles. The number of ether oxygens (including phenoxy) is 2. The summed E-state index contributed by atoms with van der Waals surface area (Å²) < 4.78 is 12.5. The van der Waals surface area contributed by atoms with Crippen molar-refractivity contribution in [2.75, 3.05) is 26.4 Å². The highest BCUT2D eigenvalue weighted by Gasteiger charge is 2.45. The number of hydrogen-bond acceptors (Lipinski definition) is 6. The van der Waals surface area contributed by atoms with Gasteiger partial charge in [-0.15, -0.1) is 0 Å². The fourth-order valence-corrected chi connectivity index (χ4v) is 4.43. The standard InChI is InChI=1S/C29H32BrN3O4/c1-21-7-9-22(10-8-21)15-16-31-33-28(35)29(19-24-5-2-3-6-26(24)30)20-37-27(32-29)23-11-13-25(14-12-23)36-18-4-17-34/h2-3,5-14,31,34H,4,15-20H2,1H3,(H,33,35)/t29-/m0/s1. The number of aliphatic hydroxyl groups is 1. The van der Waals surface area contributed by atoms with E-state index in [1.54, 1.807) is 0 Å². The topological polar surface area (TPSA) is 92.2 Å². The Hall–Kier alpha value is -3.20. The molecule has 0 aromatic heterocycles. The van der Waals surface area contributed by atoms with Gasteiger partial charge in [-0.05, 0) is 54.8 Å². The van der Waals surface area contributed by atoms with Gasteiger partial charge in [0.25, 0.3) is 5.91 Å². The number of carbonyl (C=O) groups is 1. The summed E-state index contributed by atoms with van der Waals surface area (Å²) in [6.45, 7) is 3.32. The first-order valence-electron chi connectivity index (χ1n) is 12.4. The SMILES string of the molecule is Cc1ccc(CCNNC(=O)[C@]2(Cc3ccccc3Br)COC(c3ccc(OCCCO)cc3)=N2)cc1. The summed E-state index contributed by atoms with van der Waals surface area (Å²) in [5.41, 5.74) is 8.97. The van der Waals surface area contributed by atoms with Gasteiger partial charge >= 0.3 is 0 Å². The van der Waals surface area contributed by atoms with Crippen LogP contribution >= 0.6 is 15.9 Å². The smallest absolute Gasteiger partial charge is 0.266 e. The minimum absolute atomic E-state index is 0.0885. The molecule has 8 heteroatoms. The molecule has 3 aromatic carbocycles. The largest absolute Gasteiger partial charge is 0.494 e. The monoisotopic (exact) mass is 565 g/mol. The molecule has 0 spiro atoms. The third-order valence-corrected chi connectivity index (χ3v) is 6.93. The first kappa shape index (κ1) is 26.9. The van der Waals surface area contributed by atoms with E-state index in [4.69, 9.17) is 19.6 Å². The molecule has 7 nitrogen and oxygen atoms in total. The molecule has 4 rings (SSSR count). The molecule has 1 atom stereocenters. The zero-order chi connectivity index (χ0) is 26.1. The van der Waals surface area contributed by atoms with Crippen molar-refractivity contribution in [2.24, 2.45) is 4.99 Å². The van der Waals surface area contributed by atoms with Crippen LogP contribution in [0.3, 0.4) is 0 Å². The molecule has 0 aliphatic carbocycles. The Balaban J connectivity index is 1.47. The number of aryl methyl sites for hydroxylation is 1. The van der Waals surface area contributed by atoms with Gasteiger partial charge in [-0.1, -0.05) is 64.0 Å². The second-order valence-electron chi connectivity index (χ2n) is 9.07. The minimum Gasteiger partial charge on any atom is -0.494 e. The van der Waals surface area contributed by atoms with Crippen LogP contribution in [0.2, 0.25) is 0 Å². The van der Waals surface area contributed by atoms with Gasteiger partial charge in [0.15, 0.2) is 5.54 Å². The molecule has 194 valence electrons. The lowest BCUT2D eigenvalue weighted by Gasteiger charge is -2.24.